The van der Waals surface area contributed by atoms with Crippen LogP contribution in [-0.4, -0.2) is 23.4 Å². The van der Waals surface area contributed by atoms with Crippen molar-refractivity contribution in [2.75, 3.05) is 4.90 Å². The van der Waals surface area contributed by atoms with Crippen molar-refractivity contribution in [1.29, 1.82) is 0 Å². The molecule has 106 valence electrons. The highest BCUT2D eigenvalue weighted by atomic mass is 16.2. The highest BCUT2D eigenvalue weighted by Gasteiger charge is 2.43. The van der Waals surface area contributed by atoms with Gasteiger partial charge in [-0.25, -0.2) is 4.90 Å². The molecule has 2 aliphatic rings. The van der Waals surface area contributed by atoms with Crippen molar-refractivity contribution in [3.63, 3.8) is 0 Å². The second-order valence-corrected chi connectivity index (χ2v) is 6.07. The Balaban J connectivity index is 1.77. The molecule has 1 N–H and O–H groups in total. The number of benzene rings is 1. The lowest BCUT2D eigenvalue weighted by Gasteiger charge is -2.28. The summed E-state index contributed by atoms with van der Waals surface area (Å²) in [6, 6.07) is 8.80. The Morgan fingerprint density at radius 2 is 1.80 bits per heavy atom. The van der Waals surface area contributed by atoms with Crippen LogP contribution in [0.4, 0.5) is 5.69 Å². The molecular formula is C16H20N2O2. The van der Waals surface area contributed by atoms with Crippen LogP contribution in [0.25, 0.3) is 0 Å². The number of para-hydroxylation sites is 1. The van der Waals surface area contributed by atoms with Crippen LogP contribution in [0.1, 0.15) is 39.0 Å². The van der Waals surface area contributed by atoms with Gasteiger partial charge in [-0.15, -0.1) is 0 Å². The summed E-state index contributed by atoms with van der Waals surface area (Å²) in [5.41, 5.74) is 0.677. The lowest BCUT2D eigenvalue weighted by atomic mass is 9.99. The van der Waals surface area contributed by atoms with Gasteiger partial charge in [-0.05, 0) is 31.9 Å². The van der Waals surface area contributed by atoms with Gasteiger partial charge in [0.05, 0.1) is 18.2 Å². The molecule has 1 aromatic rings. The van der Waals surface area contributed by atoms with E-state index >= 15 is 0 Å². The van der Waals surface area contributed by atoms with Crippen LogP contribution in [0.15, 0.2) is 30.3 Å². The first-order valence-electron chi connectivity index (χ1n) is 7.29. The van der Waals surface area contributed by atoms with Crippen LogP contribution in [0.5, 0.6) is 0 Å². The van der Waals surface area contributed by atoms with Crippen LogP contribution in [-0.2, 0) is 9.59 Å². The molecule has 0 bridgehead atoms. The molecule has 2 fully saturated rings. The van der Waals surface area contributed by atoms with Gasteiger partial charge in [0.2, 0.25) is 5.91 Å². The minimum absolute atomic E-state index is 0.00725. The zero-order chi connectivity index (χ0) is 14.2. The van der Waals surface area contributed by atoms with E-state index in [1.54, 1.807) is 12.1 Å². The normalized spacial score (nSPS) is 25.4. The summed E-state index contributed by atoms with van der Waals surface area (Å²) in [4.78, 5) is 25.9. The summed E-state index contributed by atoms with van der Waals surface area (Å²) in [6.07, 6.45) is 4.82. The molecule has 1 aliphatic carbocycles. The highest BCUT2D eigenvalue weighted by Crippen LogP contribution is 2.31. The minimum Gasteiger partial charge on any atom is -0.300 e. The molecule has 2 amide bonds. The van der Waals surface area contributed by atoms with E-state index in [-0.39, 0.29) is 29.8 Å². The molecule has 3 rings (SSSR count). The fourth-order valence-electron chi connectivity index (χ4n) is 3.31. The third-order valence-electron chi connectivity index (χ3n) is 4.39. The van der Waals surface area contributed by atoms with E-state index in [1.807, 2.05) is 18.2 Å². The zero-order valence-electron chi connectivity index (χ0n) is 11.8. The van der Waals surface area contributed by atoms with E-state index in [9.17, 15) is 9.59 Å². The number of rotatable bonds is 3. The van der Waals surface area contributed by atoms with E-state index < -0.39 is 0 Å². The predicted octanol–water partition coefficient (Wildman–Crippen LogP) is 2.24. The second kappa shape index (κ2) is 5.02. The third kappa shape index (κ3) is 2.36. The second-order valence-electron chi connectivity index (χ2n) is 6.07. The summed E-state index contributed by atoms with van der Waals surface area (Å²) in [7, 11) is 0. The SMILES string of the molecule is CC1(NC2CC(=O)N(c3ccccc3)C2=O)CCCC1. The highest BCUT2D eigenvalue weighted by molar-refractivity contribution is 6.22. The molecule has 0 radical (unpaired) electrons. The van der Waals surface area contributed by atoms with E-state index in [2.05, 4.69) is 12.2 Å². The molecule has 1 aromatic carbocycles. The molecule has 1 unspecified atom stereocenters. The van der Waals surface area contributed by atoms with Gasteiger partial charge in [0.1, 0.15) is 0 Å². The molecule has 1 aliphatic heterocycles. The Bertz CT molecular complexity index is 521. The average Bonchev–Trinajstić information content (AvgIpc) is 2.96. The largest absolute Gasteiger partial charge is 0.300 e. The Labute approximate surface area is 119 Å². The van der Waals surface area contributed by atoms with Crippen molar-refractivity contribution in [3.8, 4) is 0 Å². The first-order chi connectivity index (χ1) is 9.59. The van der Waals surface area contributed by atoms with Crippen LogP contribution in [0.3, 0.4) is 0 Å². The van der Waals surface area contributed by atoms with Crippen molar-refractivity contribution in [1.82, 2.24) is 5.32 Å². The van der Waals surface area contributed by atoms with Gasteiger partial charge < -0.3 is 5.32 Å². The molecular weight excluding hydrogens is 252 g/mol. The number of carbonyl (C=O) groups is 2. The van der Waals surface area contributed by atoms with E-state index in [4.69, 9.17) is 0 Å². The maximum Gasteiger partial charge on any atom is 0.251 e. The maximum absolute atomic E-state index is 12.5. The topological polar surface area (TPSA) is 49.4 Å². The van der Waals surface area contributed by atoms with Crippen molar-refractivity contribution in [2.24, 2.45) is 0 Å². The fraction of sp³-hybridized carbons (Fsp3) is 0.500. The summed E-state index contributed by atoms with van der Waals surface area (Å²) in [6.45, 7) is 2.16. The third-order valence-corrected chi connectivity index (χ3v) is 4.39. The Morgan fingerprint density at radius 3 is 2.45 bits per heavy atom. The molecule has 0 spiro atoms. The van der Waals surface area contributed by atoms with Gasteiger partial charge in [0, 0.05) is 5.54 Å². The average molecular weight is 272 g/mol. The van der Waals surface area contributed by atoms with Gasteiger partial charge in [0.25, 0.3) is 5.91 Å². The molecule has 1 atom stereocenters. The lowest BCUT2D eigenvalue weighted by Crippen LogP contribution is -2.49. The monoisotopic (exact) mass is 272 g/mol. The standard InChI is InChI=1S/C16H20N2O2/c1-16(9-5-6-10-16)17-13-11-14(19)18(15(13)20)12-7-3-2-4-8-12/h2-4,7-8,13,17H,5-6,9-11H2,1H3. The molecule has 20 heavy (non-hydrogen) atoms. The number of nitrogens with zero attached hydrogens (tertiary/aromatic N) is 1. The van der Waals surface area contributed by atoms with Gasteiger partial charge in [0.15, 0.2) is 0 Å². The first-order valence-corrected chi connectivity index (χ1v) is 7.29. The Kier molecular flexibility index (Phi) is 3.34. The number of amides is 2. The summed E-state index contributed by atoms with van der Waals surface area (Å²) in [5, 5.41) is 3.42. The van der Waals surface area contributed by atoms with Crippen LogP contribution < -0.4 is 10.2 Å². The Hall–Kier alpha value is -1.68. The fourth-order valence-corrected chi connectivity index (χ4v) is 3.31. The van der Waals surface area contributed by atoms with Gasteiger partial charge >= 0.3 is 0 Å². The summed E-state index contributed by atoms with van der Waals surface area (Å²) in [5.74, 6) is -0.227. The van der Waals surface area contributed by atoms with Crippen molar-refractivity contribution in [3.05, 3.63) is 30.3 Å². The molecule has 0 aromatic heterocycles. The Morgan fingerprint density at radius 1 is 1.15 bits per heavy atom. The minimum atomic E-state index is -0.370. The number of carbonyl (C=O) groups excluding carboxylic acids is 2. The number of imide groups is 1. The summed E-state index contributed by atoms with van der Waals surface area (Å²) >= 11 is 0. The molecule has 4 heteroatoms. The lowest BCUT2D eigenvalue weighted by molar-refractivity contribution is -0.121. The van der Waals surface area contributed by atoms with Crippen molar-refractivity contribution >= 4 is 17.5 Å². The van der Waals surface area contributed by atoms with Crippen LogP contribution in [0.2, 0.25) is 0 Å². The van der Waals surface area contributed by atoms with E-state index in [0.717, 1.165) is 12.8 Å². The van der Waals surface area contributed by atoms with Crippen molar-refractivity contribution < 1.29 is 9.59 Å². The van der Waals surface area contributed by atoms with Crippen LogP contribution in [0, 0.1) is 0 Å². The van der Waals surface area contributed by atoms with E-state index in [0.29, 0.717) is 5.69 Å². The van der Waals surface area contributed by atoms with Crippen LogP contribution >= 0.6 is 0 Å². The van der Waals surface area contributed by atoms with Crippen molar-refractivity contribution in [2.45, 2.75) is 50.6 Å². The van der Waals surface area contributed by atoms with Gasteiger partial charge in [-0.2, -0.15) is 0 Å². The quantitative estimate of drug-likeness (QED) is 0.859. The smallest absolute Gasteiger partial charge is 0.251 e. The number of anilines is 1. The molecule has 1 saturated carbocycles. The van der Waals surface area contributed by atoms with Gasteiger partial charge in [-0.1, -0.05) is 31.0 Å². The first kappa shape index (κ1) is 13.3. The maximum atomic E-state index is 12.5. The van der Waals surface area contributed by atoms with E-state index in [1.165, 1.54) is 17.7 Å². The number of hydrogen-bond acceptors (Lipinski definition) is 3. The van der Waals surface area contributed by atoms with Gasteiger partial charge in [-0.3, -0.25) is 9.59 Å². The zero-order valence-corrected chi connectivity index (χ0v) is 11.8. The predicted molar refractivity (Wildman–Crippen MR) is 77.3 cm³/mol. The molecule has 4 nitrogen and oxygen atoms in total. The molecule has 1 saturated heterocycles. The number of hydrogen-bond donors (Lipinski definition) is 1. The number of nitrogens with one attached hydrogen (secondary N) is 1. The summed E-state index contributed by atoms with van der Waals surface area (Å²) < 4.78 is 0. The molecule has 1 heterocycles.